The van der Waals surface area contributed by atoms with Crippen LogP contribution in [0.5, 0.6) is 0 Å². The zero-order valence-electron chi connectivity index (χ0n) is 13.3. The molecule has 0 atom stereocenters. The maximum Gasteiger partial charge on any atom is 0.173 e. The lowest BCUT2D eigenvalue weighted by Crippen LogP contribution is -2.47. The van der Waals surface area contributed by atoms with E-state index in [1.165, 1.54) is 0 Å². The number of hydrogen-bond acceptors (Lipinski definition) is 6. The summed E-state index contributed by atoms with van der Waals surface area (Å²) in [6.07, 6.45) is 8.66. The maximum absolute atomic E-state index is 6.26. The van der Waals surface area contributed by atoms with Crippen LogP contribution in [0.4, 0.5) is 11.6 Å². The Morgan fingerprint density at radius 1 is 0.920 bits per heavy atom. The van der Waals surface area contributed by atoms with Gasteiger partial charge < -0.3 is 9.80 Å². The van der Waals surface area contributed by atoms with Crippen molar-refractivity contribution in [3.63, 3.8) is 0 Å². The van der Waals surface area contributed by atoms with Crippen molar-refractivity contribution < 1.29 is 0 Å². The number of aromatic nitrogens is 5. The molecule has 1 saturated heterocycles. The number of piperazine rings is 1. The Bertz CT molecular complexity index is 861. The minimum absolute atomic E-state index is 0.540. The first-order valence-corrected chi connectivity index (χ1v) is 8.59. The van der Waals surface area contributed by atoms with Crippen LogP contribution in [0.1, 0.15) is 0 Å². The molecule has 128 valence electrons. The molecule has 0 saturated carbocycles. The highest BCUT2D eigenvalue weighted by Crippen LogP contribution is 2.27. The van der Waals surface area contributed by atoms with Gasteiger partial charge in [-0.2, -0.15) is 5.10 Å². The Labute approximate surface area is 154 Å². The van der Waals surface area contributed by atoms with E-state index in [9.17, 15) is 0 Å². The van der Waals surface area contributed by atoms with E-state index in [2.05, 4.69) is 29.9 Å². The van der Waals surface area contributed by atoms with Crippen molar-refractivity contribution in [2.45, 2.75) is 0 Å². The first kappa shape index (κ1) is 16.1. The zero-order chi connectivity index (χ0) is 17.2. The SMILES string of the molecule is Clc1cnc(N2CCN(c3cncc(-n4cccn4)n3)CC2)c(Cl)c1. The molecule has 4 rings (SSSR count). The van der Waals surface area contributed by atoms with Crippen molar-refractivity contribution in [1.82, 2.24) is 24.7 Å². The number of anilines is 2. The summed E-state index contributed by atoms with van der Waals surface area (Å²) < 4.78 is 1.70. The van der Waals surface area contributed by atoms with Crippen LogP contribution in [-0.4, -0.2) is 50.9 Å². The van der Waals surface area contributed by atoms with Crippen molar-refractivity contribution in [2.75, 3.05) is 36.0 Å². The molecule has 1 aliphatic rings. The second-order valence-electron chi connectivity index (χ2n) is 5.62. The van der Waals surface area contributed by atoms with Gasteiger partial charge in [-0.3, -0.25) is 4.98 Å². The highest BCUT2D eigenvalue weighted by Gasteiger charge is 2.21. The van der Waals surface area contributed by atoms with Gasteiger partial charge in [0.2, 0.25) is 0 Å². The van der Waals surface area contributed by atoms with E-state index in [0.717, 1.165) is 37.8 Å². The average molecular weight is 376 g/mol. The van der Waals surface area contributed by atoms with Gasteiger partial charge >= 0.3 is 0 Å². The fraction of sp³-hybridized carbons (Fsp3) is 0.250. The first-order valence-electron chi connectivity index (χ1n) is 7.84. The van der Waals surface area contributed by atoms with Gasteiger partial charge in [0.15, 0.2) is 5.82 Å². The largest absolute Gasteiger partial charge is 0.352 e. The van der Waals surface area contributed by atoms with Crippen LogP contribution in [0.3, 0.4) is 0 Å². The van der Waals surface area contributed by atoms with Gasteiger partial charge in [-0.05, 0) is 12.1 Å². The van der Waals surface area contributed by atoms with E-state index < -0.39 is 0 Å². The van der Waals surface area contributed by atoms with Gasteiger partial charge in [0, 0.05) is 44.8 Å². The predicted octanol–water partition coefficient (Wildman–Crippen LogP) is 2.69. The third-order valence-electron chi connectivity index (χ3n) is 4.04. The maximum atomic E-state index is 6.26. The lowest BCUT2D eigenvalue weighted by molar-refractivity contribution is 0.639. The highest BCUT2D eigenvalue weighted by atomic mass is 35.5. The minimum atomic E-state index is 0.540. The second-order valence-corrected chi connectivity index (χ2v) is 6.46. The van der Waals surface area contributed by atoms with E-state index in [-0.39, 0.29) is 0 Å². The molecule has 0 radical (unpaired) electrons. The summed E-state index contributed by atoms with van der Waals surface area (Å²) in [6, 6.07) is 3.58. The summed E-state index contributed by atoms with van der Waals surface area (Å²) in [5, 5.41) is 5.31. The standard InChI is InChI=1S/C16H15Cl2N7/c17-12-8-13(18)16(20-9-12)24-6-4-23(5-7-24)14-10-19-11-15(22-14)25-3-1-2-21-25/h1-3,8-11H,4-7H2. The quantitative estimate of drug-likeness (QED) is 0.701. The Balaban J connectivity index is 1.48. The van der Waals surface area contributed by atoms with Gasteiger partial charge in [-0.25, -0.2) is 14.6 Å². The summed E-state index contributed by atoms with van der Waals surface area (Å²) >= 11 is 12.2. The number of halogens is 2. The van der Waals surface area contributed by atoms with E-state index in [1.54, 1.807) is 35.5 Å². The van der Waals surface area contributed by atoms with Crippen LogP contribution in [0.15, 0.2) is 43.1 Å². The first-order chi connectivity index (χ1) is 12.2. The van der Waals surface area contributed by atoms with E-state index in [4.69, 9.17) is 23.2 Å². The highest BCUT2D eigenvalue weighted by molar-refractivity contribution is 6.36. The Morgan fingerprint density at radius 2 is 1.68 bits per heavy atom. The van der Waals surface area contributed by atoms with Crippen LogP contribution < -0.4 is 9.80 Å². The van der Waals surface area contributed by atoms with Gasteiger partial charge in [-0.15, -0.1) is 0 Å². The lowest BCUT2D eigenvalue weighted by atomic mass is 10.3. The van der Waals surface area contributed by atoms with Gasteiger partial charge in [-0.1, -0.05) is 23.2 Å². The molecule has 0 unspecified atom stereocenters. The molecular weight excluding hydrogens is 361 g/mol. The molecule has 1 fully saturated rings. The summed E-state index contributed by atoms with van der Waals surface area (Å²) in [4.78, 5) is 17.6. The summed E-state index contributed by atoms with van der Waals surface area (Å²) in [6.45, 7) is 3.19. The topological polar surface area (TPSA) is 63.0 Å². The van der Waals surface area contributed by atoms with Crippen molar-refractivity contribution >= 4 is 34.8 Å². The molecule has 4 heterocycles. The van der Waals surface area contributed by atoms with Crippen molar-refractivity contribution in [2.24, 2.45) is 0 Å². The van der Waals surface area contributed by atoms with Crippen LogP contribution >= 0.6 is 23.2 Å². The van der Waals surface area contributed by atoms with Crippen LogP contribution in [0, 0.1) is 0 Å². The minimum Gasteiger partial charge on any atom is -0.352 e. The number of hydrogen-bond donors (Lipinski definition) is 0. The molecular formula is C16H15Cl2N7. The van der Waals surface area contributed by atoms with Gasteiger partial charge in [0.1, 0.15) is 11.6 Å². The molecule has 0 bridgehead atoms. The third kappa shape index (κ3) is 3.38. The Kier molecular flexibility index (Phi) is 4.42. The second kappa shape index (κ2) is 6.85. The molecule has 0 amide bonds. The molecule has 25 heavy (non-hydrogen) atoms. The lowest BCUT2D eigenvalue weighted by Gasteiger charge is -2.36. The Morgan fingerprint density at radius 3 is 2.40 bits per heavy atom. The zero-order valence-corrected chi connectivity index (χ0v) is 14.8. The van der Waals surface area contributed by atoms with Crippen LogP contribution in [0.25, 0.3) is 5.82 Å². The molecule has 0 aromatic carbocycles. The fourth-order valence-electron chi connectivity index (χ4n) is 2.80. The predicted molar refractivity (Wildman–Crippen MR) is 97.8 cm³/mol. The van der Waals surface area contributed by atoms with Gasteiger partial charge in [0.25, 0.3) is 0 Å². The molecule has 1 aliphatic heterocycles. The van der Waals surface area contributed by atoms with Crippen molar-refractivity contribution in [3.8, 4) is 5.82 Å². The van der Waals surface area contributed by atoms with Gasteiger partial charge in [0.05, 0.1) is 22.4 Å². The third-order valence-corrected chi connectivity index (χ3v) is 4.52. The van der Waals surface area contributed by atoms with Crippen LogP contribution in [0.2, 0.25) is 10.0 Å². The van der Waals surface area contributed by atoms with E-state index in [1.807, 2.05) is 12.3 Å². The normalized spacial score (nSPS) is 14.8. The molecule has 9 heteroatoms. The number of pyridine rings is 1. The molecule has 7 nitrogen and oxygen atoms in total. The molecule has 3 aromatic rings. The summed E-state index contributed by atoms with van der Waals surface area (Å²) in [5.41, 5.74) is 0. The van der Waals surface area contributed by atoms with Crippen molar-refractivity contribution in [3.05, 3.63) is 53.2 Å². The van der Waals surface area contributed by atoms with Crippen molar-refractivity contribution in [1.29, 1.82) is 0 Å². The Hall–Kier alpha value is -2.38. The van der Waals surface area contributed by atoms with Crippen LogP contribution in [-0.2, 0) is 0 Å². The number of rotatable bonds is 3. The van der Waals surface area contributed by atoms with E-state index >= 15 is 0 Å². The van der Waals surface area contributed by atoms with E-state index in [0.29, 0.717) is 15.9 Å². The molecule has 3 aromatic heterocycles. The number of nitrogens with zero attached hydrogens (tertiary/aromatic N) is 7. The molecule has 0 N–H and O–H groups in total. The smallest absolute Gasteiger partial charge is 0.173 e. The average Bonchev–Trinajstić information content (AvgIpc) is 3.17. The summed E-state index contributed by atoms with van der Waals surface area (Å²) in [7, 11) is 0. The summed E-state index contributed by atoms with van der Waals surface area (Å²) in [5.74, 6) is 2.30. The fourth-order valence-corrected chi connectivity index (χ4v) is 3.30. The molecule has 0 spiro atoms. The monoisotopic (exact) mass is 375 g/mol. The molecule has 0 aliphatic carbocycles.